The Bertz CT molecular complexity index is 986. The van der Waals surface area contributed by atoms with Crippen molar-refractivity contribution in [1.82, 2.24) is 4.90 Å². The number of benzene rings is 2. The molecule has 0 aromatic heterocycles. The standard InChI is InChI=1S/C24H29N2O6.Rb/c1-15-14-26(7-6-25-15)23(28)13-18(16-4-5-20-21(10-16)32-9-8-31-20)24-19(27)11-17(29-2)12-22(24)30-3;/h4-5,10-12,15,18,27H,6-9,13-14H2,1-3H3;/q-1;+1. The molecule has 2 aromatic carbocycles. The van der Waals surface area contributed by atoms with E-state index in [2.05, 4.69) is 5.32 Å². The van der Waals surface area contributed by atoms with Crippen molar-refractivity contribution in [1.29, 1.82) is 0 Å². The molecule has 0 bridgehead atoms. The van der Waals surface area contributed by atoms with Crippen LogP contribution >= 0.6 is 0 Å². The third-order valence-corrected chi connectivity index (χ3v) is 5.89. The van der Waals surface area contributed by atoms with Gasteiger partial charge in [0.2, 0.25) is 5.91 Å². The molecule has 0 aliphatic carbocycles. The second-order valence-corrected chi connectivity index (χ2v) is 8.02. The molecule has 1 fully saturated rings. The van der Waals surface area contributed by atoms with Gasteiger partial charge in [0, 0.05) is 43.1 Å². The van der Waals surface area contributed by atoms with Crippen molar-refractivity contribution < 1.29 is 87.0 Å². The van der Waals surface area contributed by atoms with Gasteiger partial charge in [-0.05, 0) is 17.7 Å². The molecule has 2 heterocycles. The van der Waals surface area contributed by atoms with Crippen molar-refractivity contribution >= 4 is 5.91 Å². The maximum atomic E-state index is 13.3. The summed E-state index contributed by atoms with van der Waals surface area (Å²) >= 11 is 0. The van der Waals surface area contributed by atoms with Gasteiger partial charge in [0.15, 0.2) is 11.5 Å². The van der Waals surface area contributed by atoms with E-state index in [4.69, 9.17) is 18.9 Å². The number of rotatable bonds is 6. The minimum absolute atomic E-state index is 0. The molecule has 2 aliphatic rings. The van der Waals surface area contributed by atoms with Crippen LogP contribution in [-0.4, -0.2) is 69.0 Å². The van der Waals surface area contributed by atoms with Gasteiger partial charge in [-0.15, -0.1) is 12.6 Å². The van der Waals surface area contributed by atoms with Crippen LogP contribution in [0.3, 0.4) is 0 Å². The van der Waals surface area contributed by atoms with Gasteiger partial charge in [0.1, 0.15) is 30.5 Å². The molecule has 2 atom stereocenters. The Morgan fingerprint density at radius 3 is 2.64 bits per heavy atom. The minimum atomic E-state index is -0.451. The largest absolute Gasteiger partial charge is 1.00 e. The zero-order valence-corrected chi connectivity index (χ0v) is 24.6. The summed E-state index contributed by atoms with van der Waals surface area (Å²) in [5.74, 6) is 1.79. The number of hydrogen-bond donors (Lipinski definition) is 1. The van der Waals surface area contributed by atoms with E-state index in [0.717, 1.165) is 5.56 Å². The van der Waals surface area contributed by atoms with E-state index in [9.17, 15) is 9.90 Å². The minimum Gasteiger partial charge on any atom is -0.657 e. The van der Waals surface area contributed by atoms with Gasteiger partial charge in [-0.3, -0.25) is 4.79 Å². The van der Waals surface area contributed by atoms with Crippen molar-refractivity contribution in [2.45, 2.75) is 25.3 Å². The van der Waals surface area contributed by atoms with Crippen LogP contribution in [0.15, 0.2) is 30.3 Å². The number of carbonyl (C=O) groups excluding carboxylic acids is 1. The molecule has 2 unspecified atom stereocenters. The number of ether oxygens (including phenoxy) is 4. The molecular weight excluding hydrogens is 498 g/mol. The molecule has 1 saturated heterocycles. The molecule has 33 heavy (non-hydrogen) atoms. The topological polar surface area (TPSA) is 91.6 Å². The van der Waals surface area contributed by atoms with Crippen LogP contribution in [0.25, 0.3) is 5.32 Å². The second kappa shape index (κ2) is 11.9. The number of hydrogen-bond acceptors (Lipinski definition) is 6. The number of nitrogens with zero attached hydrogens (tertiary/aromatic N) is 2. The molecule has 1 amide bonds. The zero-order valence-electron chi connectivity index (χ0n) is 19.7. The Hall–Kier alpha value is -1.32. The maximum Gasteiger partial charge on any atom is 1.00 e. The molecule has 4 rings (SSSR count). The summed E-state index contributed by atoms with van der Waals surface area (Å²) in [6.07, 6.45) is 0.169. The molecular formula is C24H29N2O6Rb. The van der Waals surface area contributed by atoms with E-state index in [1.807, 2.05) is 30.0 Å². The summed E-state index contributed by atoms with van der Waals surface area (Å²) in [6.45, 7) is 4.81. The summed E-state index contributed by atoms with van der Waals surface area (Å²) in [6, 6.07) is 8.99. The monoisotopic (exact) mass is 526 g/mol. The molecule has 0 saturated carbocycles. The molecule has 172 valence electrons. The van der Waals surface area contributed by atoms with E-state index >= 15 is 0 Å². The van der Waals surface area contributed by atoms with Crippen LogP contribution in [0.2, 0.25) is 0 Å². The first kappa shape index (κ1) is 26.3. The Labute approximate surface area is 243 Å². The number of piperazine rings is 1. The predicted molar refractivity (Wildman–Crippen MR) is 119 cm³/mol. The van der Waals surface area contributed by atoms with Gasteiger partial charge in [-0.2, -0.15) is 0 Å². The number of fused-ring (bicyclic) bond motifs is 1. The summed E-state index contributed by atoms with van der Waals surface area (Å²) in [4.78, 5) is 15.1. The van der Waals surface area contributed by atoms with Gasteiger partial charge >= 0.3 is 58.2 Å². The van der Waals surface area contributed by atoms with E-state index in [1.165, 1.54) is 20.3 Å². The smallest absolute Gasteiger partial charge is 0.657 e. The Kier molecular flexibility index (Phi) is 9.47. The van der Waals surface area contributed by atoms with Crippen LogP contribution in [0.5, 0.6) is 28.7 Å². The first-order valence-electron chi connectivity index (χ1n) is 10.8. The average Bonchev–Trinajstić information content (AvgIpc) is 2.81. The van der Waals surface area contributed by atoms with Crippen LogP contribution < -0.4 is 77.1 Å². The van der Waals surface area contributed by atoms with Crippen molar-refractivity contribution in [3.8, 4) is 28.7 Å². The van der Waals surface area contributed by atoms with E-state index in [-0.39, 0.29) is 82.3 Å². The third kappa shape index (κ3) is 6.03. The van der Waals surface area contributed by atoms with Crippen LogP contribution in [0, 0.1) is 0 Å². The van der Waals surface area contributed by atoms with Gasteiger partial charge in [0.25, 0.3) is 0 Å². The fourth-order valence-electron chi connectivity index (χ4n) is 4.28. The number of carbonyl (C=O) groups is 1. The summed E-state index contributed by atoms with van der Waals surface area (Å²) in [5, 5.41) is 15.4. The Morgan fingerprint density at radius 1 is 1.18 bits per heavy atom. The van der Waals surface area contributed by atoms with Crippen molar-refractivity contribution in [3.63, 3.8) is 0 Å². The number of phenols is 1. The van der Waals surface area contributed by atoms with E-state index < -0.39 is 5.92 Å². The second-order valence-electron chi connectivity index (χ2n) is 8.02. The number of phenolic OH excluding ortho intramolecular Hbond substituents is 1. The Balaban J connectivity index is 0.00000306. The molecule has 8 nitrogen and oxygen atoms in total. The van der Waals surface area contributed by atoms with Crippen molar-refractivity contribution in [3.05, 3.63) is 46.8 Å². The fraction of sp³-hybridized carbons (Fsp3) is 0.458. The SMILES string of the molecule is COc1cc(O)c(C(CC(=O)N2CC[N-]C(C)C2)c2ccc3c(c2)OCCO3)c(OC)c1.[Rb+]. The quantitative estimate of drug-likeness (QED) is 0.583. The zero-order chi connectivity index (χ0) is 22.7. The number of amides is 1. The van der Waals surface area contributed by atoms with E-state index in [1.54, 1.807) is 6.07 Å². The van der Waals surface area contributed by atoms with Gasteiger partial charge in [-0.1, -0.05) is 13.0 Å². The normalized spacial score (nSPS) is 18.2. The molecule has 0 spiro atoms. The molecule has 2 aromatic rings. The van der Waals surface area contributed by atoms with Crippen molar-refractivity contribution in [2.24, 2.45) is 0 Å². The maximum absolute atomic E-state index is 13.3. The average molecular weight is 527 g/mol. The molecule has 2 aliphatic heterocycles. The van der Waals surface area contributed by atoms with Gasteiger partial charge in [-0.25, -0.2) is 0 Å². The molecule has 0 radical (unpaired) electrons. The van der Waals surface area contributed by atoms with Crippen LogP contribution in [0.4, 0.5) is 0 Å². The summed E-state index contributed by atoms with van der Waals surface area (Å²) in [7, 11) is 3.06. The number of methoxy groups -OCH3 is 2. The first-order valence-corrected chi connectivity index (χ1v) is 10.8. The molecule has 1 N–H and O–H groups in total. The first-order chi connectivity index (χ1) is 15.5. The van der Waals surface area contributed by atoms with Crippen LogP contribution in [-0.2, 0) is 4.79 Å². The van der Waals surface area contributed by atoms with E-state index in [0.29, 0.717) is 61.4 Å². The predicted octanol–water partition coefficient (Wildman–Crippen LogP) is 0.311. The third-order valence-electron chi connectivity index (χ3n) is 5.89. The summed E-state index contributed by atoms with van der Waals surface area (Å²) < 4.78 is 22.3. The van der Waals surface area contributed by atoms with Gasteiger partial charge in [0.05, 0.1) is 14.2 Å². The van der Waals surface area contributed by atoms with Crippen LogP contribution in [0.1, 0.15) is 30.4 Å². The fourth-order valence-corrected chi connectivity index (χ4v) is 4.28. The van der Waals surface area contributed by atoms with Gasteiger partial charge < -0.3 is 34.3 Å². The molecule has 9 heteroatoms. The summed E-state index contributed by atoms with van der Waals surface area (Å²) in [5.41, 5.74) is 1.36. The Morgan fingerprint density at radius 2 is 1.94 bits per heavy atom. The number of aromatic hydroxyl groups is 1. The van der Waals surface area contributed by atoms with Crippen molar-refractivity contribution in [2.75, 3.05) is 47.1 Å².